The molecule has 0 saturated heterocycles. The van der Waals surface area contributed by atoms with Crippen LogP contribution in [0.1, 0.15) is 5.56 Å². The summed E-state index contributed by atoms with van der Waals surface area (Å²) >= 11 is 0. The fraction of sp³-hybridized carbons (Fsp3) is 0.150. The summed E-state index contributed by atoms with van der Waals surface area (Å²) in [5.74, 6) is 1.36. The third-order valence-electron chi connectivity index (χ3n) is 4.47. The molecule has 0 atom stereocenters. The first-order valence-electron chi connectivity index (χ1n) is 8.06. The van der Waals surface area contributed by atoms with E-state index in [0.29, 0.717) is 18.0 Å². The number of halogens is 1. The lowest BCUT2D eigenvalue weighted by molar-refractivity contribution is 0.356. The van der Waals surface area contributed by atoms with Crippen LogP contribution < -0.4 is 15.2 Å². The number of fused-ring (bicyclic) bond motifs is 3. The molecule has 4 aromatic rings. The van der Waals surface area contributed by atoms with E-state index in [4.69, 9.17) is 15.2 Å². The minimum atomic E-state index is 0. The predicted octanol–water partition coefficient (Wildman–Crippen LogP) is 4.08. The lowest BCUT2D eigenvalue weighted by Gasteiger charge is -2.12. The number of ether oxygens (including phenoxy) is 2. The Bertz CT molecular complexity index is 1060. The van der Waals surface area contributed by atoms with Gasteiger partial charge in [0.25, 0.3) is 0 Å². The molecule has 2 heterocycles. The Morgan fingerprint density at radius 2 is 1.69 bits per heavy atom. The van der Waals surface area contributed by atoms with Crippen LogP contribution in [-0.4, -0.2) is 23.8 Å². The highest BCUT2D eigenvalue weighted by molar-refractivity contribution is 6.05. The van der Waals surface area contributed by atoms with Gasteiger partial charge in [0, 0.05) is 41.5 Å². The smallest absolute Gasteiger partial charge is 0.162 e. The average Bonchev–Trinajstić information content (AvgIpc) is 3.11. The highest BCUT2D eigenvalue weighted by Gasteiger charge is 2.13. The van der Waals surface area contributed by atoms with E-state index in [1.165, 1.54) is 0 Å². The Balaban J connectivity index is 0.00000196. The third kappa shape index (κ3) is 2.85. The number of pyridine rings is 1. The summed E-state index contributed by atoms with van der Waals surface area (Å²) in [6.07, 6.45) is 3.94. The van der Waals surface area contributed by atoms with Crippen molar-refractivity contribution in [2.45, 2.75) is 6.54 Å². The summed E-state index contributed by atoms with van der Waals surface area (Å²) in [5, 5.41) is 2.09. The Hall–Kier alpha value is -2.76. The van der Waals surface area contributed by atoms with Crippen molar-refractivity contribution in [1.82, 2.24) is 9.55 Å². The number of nitrogens with zero attached hydrogens (tertiary/aromatic N) is 2. The van der Waals surface area contributed by atoms with Gasteiger partial charge in [0.15, 0.2) is 11.5 Å². The van der Waals surface area contributed by atoms with Crippen LogP contribution in [0, 0.1) is 0 Å². The van der Waals surface area contributed by atoms with Gasteiger partial charge in [0.05, 0.1) is 25.3 Å². The highest BCUT2D eigenvalue weighted by atomic mass is 35.5. The van der Waals surface area contributed by atoms with Crippen LogP contribution in [0.3, 0.4) is 0 Å². The topological polar surface area (TPSA) is 62.3 Å². The molecule has 0 aliphatic heterocycles. The van der Waals surface area contributed by atoms with E-state index in [9.17, 15) is 0 Å². The maximum atomic E-state index is 5.70. The van der Waals surface area contributed by atoms with Gasteiger partial charge in [-0.15, -0.1) is 12.4 Å². The Kier molecular flexibility index (Phi) is 5.02. The second-order valence-electron chi connectivity index (χ2n) is 5.84. The zero-order chi connectivity index (χ0) is 17.4. The zero-order valence-electron chi connectivity index (χ0n) is 14.6. The van der Waals surface area contributed by atoms with Crippen molar-refractivity contribution < 1.29 is 9.47 Å². The maximum absolute atomic E-state index is 5.70. The largest absolute Gasteiger partial charge is 0.493 e. The first-order chi connectivity index (χ1) is 12.2. The first-order valence-corrected chi connectivity index (χ1v) is 8.06. The van der Waals surface area contributed by atoms with E-state index in [0.717, 1.165) is 33.1 Å². The molecule has 6 heteroatoms. The number of methoxy groups -OCH3 is 2. The van der Waals surface area contributed by atoms with E-state index in [1.807, 2.05) is 30.5 Å². The van der Waals surface area contributed by atoms with E-state index in [1.54, 1.807) is 14.2 Å². The van der Waals surface area contributed by atoms with Crippen LogP contribution in [0.25, 0.3) is 27.5 Å². The van der Waals surface area contributed by atoms with E-state index < -0.39 is 0 Å². The normalized spacial score (nSPS) is 10.7. The van der Waals surface area contributed by atoms with Crippen molar-refractivity contribution in [3.63, 3.8) is 0 Å². The first kappa shape index (κ1) is 18.0. The number of hydrogen-bond acceptors (Lipinski definition) is 4. The Labute approximate surface area is 157 Å². The number of hydrogen-bond donors (Lipinski definition) is 1. The van der Waals surface area contributed by atoms with E-state index in [2.05, 4.69) is 33.9 Å². The van der Waals surface area contributed by atoms with Gasteiger partial charge in [-0.3, -0.25) is 4.98 Å². The van der Waals surface area contributed by atoms with Crippen LogP contribution >= 0.6 is 12.4 Å². The van der Waals surface area contributed by atoms with Crippen molar-refractivity contribution in [2.75, 3.05) is 14.2 Å². The van der Waals surface area contributed by atoms with Crippen molar-refractivity contribution in [1.29, 1.82) is 0 Å². The molecule has 0 aliphatic carbocycles. The van der Waals surface area contributed by atoms with Gasteiger partial charge in [-0.2, -0.15) is 0 Å². The van der Waals surface area contributed by atoms with Gasteiger partial charge < -0.3 is 19.8 Å². The summed E-state index contributed by atoms with van der Waals surface area (Å²) in [4.78, 5) is 4.56. The molecule has 2 N–H and O–H groups in total. The fourth-order valence-corrected chi connectivity index (χ4v) is 3.15. The molecule has 0 spiro atoms. The summed E-state index contributed by atoms with van der Waals surface area (Å²) in [7, 11) is 3.27. The van der Waals surface area contributed by atoms with Crippen molar-refractivity contribution in [2.24, 2.45) is 5.73 Å². The minimum Gasteiger partial charge on any atom is -0.493 e. The SMILES string of the molecule is COc1cc2ncc3ccn(-c4ccc(CN)cc4)c3c2cc1OC.Cl. The summed E-state index contributed by atoms with van der Waals surface area (Å²) in [6, 6.07) is 14.2. The van der Waals surface area contributed by atoms with Crippen LogP contribution in [0.5, 0.6) is 11.5 Å². The molecular weight excluding hydrogens is 350 g/mol. The summed E-state index contributed by atoms with van der Waals surface area (Å²) in [5.41, 5.74) is 9.84. The summed E-state index contributed by atoms with van der Waals surface area (Å²) in [6.45, 7) is 0.538. The standard InChI is InChI=1S/C20H19N3O2.ClH/c1-24-18-9-16-17(10-19(18)25-2)22-12-14-7-8-23(20(14)16)15-5-3-13(11-21)4-6-15;/h3-10,12H,11,21H2,1-2H3;1H. The Morgan fingerprint density at radius 1 is 1.00 bits per heavy atom. The molecular formula is C20H20ClN3O2. The van der Waals surface area contributed by atoms with Gasteiger partial charge in [0.1, 0.15) is 0 Å². The molecule has 0 radical (unpaired) electrons. The molecule has 0 fully saturated rings. The van der Waals surface area contributed by atoms with Crippen LogP contribution in [-0.2, 0) is 6.54 Å². The van der Waals surface area contributed by atoms with Crippen molar-refractivity contribution in [3.8, 4) is 17.2 Å². The molecule has 0 amide bonds. The molecule has 0 unspecified atom stereocenters. The van der Waals surface area contributed by atoms with Crippen LogP contribution in [0.15, 0.2) is 54.9 Å². The number of aromatic nitrogens is 2. The molecule has 5 nitrogen and oxygen atoms in total. The highest BCUT2D eigenvalue weighted by Crippen LogP contribution is 2.35. The van der Waals surface area contributed by atoms with Gasteiger partial charge in [-0.05, 0) is 29.8 Å². The second kappa shape index (κ2) is 7.23. The minimum absolute atomic E-state index is 0. The molecule has 2 aromatic carbocycles. The zero-order valence-corrected chi connectivity index (χ0v) is 15.4. The molecule has 0 aliphatic rings. The quantitative estimate of drug-likeness (QED) is 0.588. The Morgan fingerprint density at radius 3 is 2.35 bits per heavy atom. The molecule has 0 bridgehead atoms. The monoisotopic (exact) mass is 369 g/mol. The average molecular weight is 370 g/mol. The maximum Gasteiger partial charge on any atom is 0.162 e. The number of nitrogens with two attached hydrogens (primary N) is 1. The molecule has 134 valence electrons. The van der Waals surface area contributed by atoms with Crippen molar-refractivity contribution >= 4 is 34.2 Å². The lowest BCUT2D eigenvalue weighted by atomic mass is 10.1. The number of benzene rings is 2. The number of rotatable bonds is 4. The van der Waals surface area contributed by atoms with Crippen molar-refractivity contribution in [3.05, 3.63) is 60.4 Å². The fourth-order valence-electron chi connectivity index (χ4n) is 3.15. The van der Waals surface area contributed by atoms with Gasteiger partial charge >= 0.3 is 0 Å². The van der Waals surface area contributed by atoms with E-state index in [-0.39, 0.29) is 12.4 Å². The van der Waals surface area contributed by atoms with Gasteiger partial charge in [0.2, 0.25) is 0 Å². The predicted molar refractivity (Wildman–Crippen MR) is 107 cm³/mol. The molecule has 2 aromatic heterocycles. The molecule has 4 rings (SSSR count). The van der Waals surface area contributed by atoms with Gasteiger partial charge in [-0.25, -0.2) is 0 Å². The third-order valence-corrected chi connectivity index (χ3v) is 4.47. The summed E-state index contributed by atoms with van der Waals surface area (Å²) < 4.78 is 13.0. The second-order valence-corrected chi connectivity index (χ2v) is 5.84. The van der Waals surface area contributed by atoms with Crippen LogP contribution in [0.2, 0.25) is 0 Å². The van der Waals surface area contributed by atoms with Gasteiger partial charge in [-0.1, -0.05) is 12.1 Å². The van der Waals surface area contributed by atoms with Crippen LogP contribution in [0.4, 0.5) is 0 Å². The molecule has 0 saturated carbocycles. The molecule has 26 heavy (non-hydrogen) atoms. The van der Waals surface area contributed by atoms with E-state index >= 15 is 0 Å². The lowest BCUT2D eigenvalue weighted by Crippen LogP contribution is -1.98.